The third kappa shape index (κ3) is 3.80. The van der Waals surface area contributed by atoms with Gasteiger partial charge in [-0.15, -0.1) is 0 Å². The predicted molar refractivity (Wildman–Crippen MR) is 93.4 cm³/mol. The lowest BCUT2D eigenvalue weighted by Gasteiger charge is -2.15. The van der Waals surface area contributed by atoms with Gasteiger partial charge in [0.25, 0.3) is 0 Å². The van der Waals surface area contributed by atoms with E-state index < -0.39 is 0 Å². The molecule has 1 aliphatic heterocycles. The zero-order valence-electron chi connectivity index (χ0n) is 14.2. The van der Waals surface area contributed by atoms with Gasteiger partial charge in [0.15, 0.2) is 11.5 Å². The number of fused-ring (bicyclic) bond motifs is 1. The molecule has 0 amide bonds. The molecule has 1 aliphatic rings. The van der Waals surface area contributed by atoms with Crippen LogP contribution in [0.4, 0.5) is 0 Å². The quantitative estimate of drug-likeness (QED) is 0.785. The molecule has 126 valence electrons. The lowest BCUT2D eigenvalue weighted by Crippen LogP contribution is -3.00. The first-order chi connectivity index (χ1) is 11.2. The Hall–Kier alpha value is -2.26. The maximum Gasteiger partial charge on any atom is 0.206 e. The van der Waals surface area contributed by atoms with Crippen molar-refractivity contribution in [1.82, 2.24) is 0 Å². The first-order valence-electron chi connectivity index (χ1n) is 7.82. The van der Waals surface area contributed by atoms with Gasteiger partial charge in [-0.1, -0.05) is 29.8 Å². The van der Waals surface area contributed by atoms with Crippen molar-refractivity contribution < 1.29 is 26.9 Å². The van der Waals surface area contributed by atoms with Crippen molar-refractivity contribution in [3.05, 3.63) is 64.7 Å². The van der Waals surface area contributed by atoms with Crippen LogP contribution < -0.4 is 26.9 Å². The van der Waals surface area contributed by atoms with Gasteiger partial charge >= 0.3 is 0 Å². The number of hydrogen-bond acceptors (Lipinski definition) is 2. The van der Waals surface area contributed by atoms with Crippen molar-refractivity contribution in [2.45, 2.75) is 13.3 Å². The monoisotopic (exact) mass is 343 g/mol. The van der Waals surface area contributed by atoms with E-state index in [-0.39, 0.29) is 12.4 Å². The minimum absolute atomic E-state index is 0. The summed E-state index contributed by atoms with van der Waals surface area (Å²) in [4.78, 5) is 3.48. The first kappa shape index (κ1) is 18.1. The summed E-state index contributed by atoms with van der Waals surface area (Å²) in [5.74, 6) is 1.55. The van der Waals surface area contributed by atoms with Crippen LogP contribution in [0.3, 0.4) is 0 Å². The topological polar surface area (TPSA) is 32.4 Å². The molecule has 2 aromatic carbocycles. The summed E-state index contributed by atoms with van der Waals surface area (Å²) in [6, 6.07) is 12.6. The molecule has 3 nitrogen and oxygen atoms in total. The number of rotatable bonds is 4. The minimum atomic E-state index is 0. The van der Waals surface area contributed by atoms with E-state index in [4.69, 9.17) is 9.47 Å². The maximum atomic E-state index is 5.44. The van der Waals surface area contributed by atoms with Crippen LogP contribution in [0.5, 0.6) is 11.5 Å². The summed E-state index contributed by atoms with van der Waals surface area (Å²) in [5, 5.41) is 0. The van der Waals surface area contributed by atoms with Crippen LogP contribution >= 0.6 is 0 Å². The molecule has 0 saturated heterocycles. The molecule has 0 bridgehead atoms. The molecule has 0 fully saturated rings. The SMILES string of the molecule is COc1cc2c(cc1OC)C(/C=C/c1ccc(C)cc1)=[NH+]CC2.[Cl-]. The number of ether oxygens (including phenoxy) is 2. The molecule has 3 rings (SSSR count). The molecule has 2 aromatic rings. The van der Waals surface area contributed by atoms with Gasteiger partial charge in [0.05, 0.1) is 19.8 Å². The van der Waals surface area contributed by atoms with Gasteiger partial charge in [-0.2, -0.15) is 0 Å². The van der Waals surface area contributed by atoms with Gasteiger partial charge in [-0.25, -0.2) is 4.99 Å². The minimum Gasteiger partial charge on any atom is -1.00 e. The third-order valence-corrected chi connectivity index (χ3v) is 4.13. The van der Waals surface area contributed by atoms with Crippen molar-refractivity contribution in [2.24, 2.45) is 0 Å². The van der Waals surface area contributed by atoms with Gasteiger partial charge < -0.3 is 21.9 Å². The molecule has 1 heterocycles. The number of benzene rings is 2. The van der Waals surface area contributed by atoms with E-state index in [2.05, 4.69) is 60.5 Å². The number of nitrogens with one attached hydrogen (secondary N) is 1. The van der Waals surface area contributed by atoms with E-state index in [1.54, 1.807) is 14.2 Å². The first-order valence-corrected chi connectivity index (χ1v) is 7.82. The van der Waals surface area contributed by atoms with Crippen LogP contribution in [-0.2, 0) is 6.42 Å². The van der Waals surface area contributed by atoms with Gasteiger partial charge in [0.2, 0.25) is 5.71 Å². The highest BCUT2D eigenvalue weighted by molar-refractivity contribution is 6.08. The molecule has 4 heteroatoms. The molecule has 0 atom stereocenters. The van der Waals surface area contributed by atoms with E-state index in [9.17, 15) is 0 Å². The van der Waals surface area contributed by atoms with Gasteiger partial charge in [-0.3, -0.25) is 0 Å². The highest BCUT2D eigenvalue weighted by Gasteiger charge is 2.20. The summed E-state index contributed by atoms with van der Waals surface area (Å²) in [7, 11) is 3.34. The second kappa shape index (κ2) is 8.02. The Morgan fingerprint density at radius 1 is 0.958 bits per heavy atom. The number of allylic oxidation sites excluding steroid dienone is 1. The molecule has 0 saturated carbocycles. The largest absolute Gasteiger partial charge is 1.00 e. The Balaban J connectivity index is 0.00000208. The van der Waals surface area contributed by atoms with Crippen LogP contribution in [0.2, 0.25) is 0 Å². The van der Waals surface area contributed by atoms with E-state index in [1.807, 2.05) is 0 Å². The van der Waals surface area contributed by atoms with Crippen LogP contribution in [0, 0.1) is 6.92 Å². The predicted octanol–water partition coefficient (Wildman–Crippen LogP) is -0.845. The van der Waals surface area contributed by atoms with E-state index in [0.29, 0.717) is 0 Å². The van der Waals surface area contributed by atoms with Crippen LogP contribution in [-0.4, -0.2) is 26.5 Å². The van der Waals surface area contributed by atoms with Gasteiger partial charge in [0, 0.05) is 12.5 Å². The second-order valence-electron chi connectivity index (χ2n) is 5.70. The normalized spacial score (nSPS) is 13.0. The molecule has 24 heavy (non-hydrogen) atoms. The fourth-order valence-electron chi connectivity index (χ4n) is 2.81. The third-order valence-electron chi connectivity index (χ3n) is 4.13. The van der Waals surface area contributed by atoms with Crippen LogP contribution in [0.1, 0.15) is 22.3 Å². The lowest BCUT2D eigenvalue weighted by molar-refractivity contribution is -0.456. The van der Waals surface area contributed by atoms with E-state index >= 15 is 0 Å². The Morgan fingerprint density at radius 3 is 2.29 bits per heavy atom. The standard InChI is InChI=1S/C20H21NO2.ClH/c1-14-4-6-15(7-5-14)8-9-18-17-13-20(23-3)19(22-2)12-16(17)10-11-21-18;/h4-9,12-13H,10-11H2,1-3H3;1H/b9-8+;. The average Bonchev–Trinajstić information content (AvgIpc) is 2.60. The molecular formula is C20H22ClNO2. The second-order valence-corrected chi connectivity index (χ2v) is 5.70. The number of halogens is 1. The molecule has 0 unspecified atom stereocenters. The Bertz CT molecular complexity index is 764. The highest BCUT2D eigenvalue weighted by Crippen LogP contribution is 2.31. The molecule has 0 aliphatic carbocycles. The number of hydrogen-bond donors (Lipinski definition) is 1. The molecule has 0 aromatic heterocycles. The maximum absolute atomic E-state index is 5.44. The summed E-state index contributed by atoms with van der Waals surface area (Å²) < 4.78 is 10.8. The van der Waals surface area contributed by atoms with Gasteiger partial charge in [0.1, 0.15) is 6.54 Å². The highest BCUT2D eigenvalue weighted by atomic mass is 35.5. The molecule has 1 N–H and O–H groups in total. The van der Waals surface area contributed by atoms with Crippen molar-refractivity contribution in [2.75, 3.05) is 20.8 Å². The average molecular weight is 344 g/mol. The molecule has 0 spiro atoms. The summed E-state index contributed by atoms with van der Waals surface area (Å²) in [5.41, 5.74) is 6.04. The molecule has 0 radical (unpaired) electrons. The summed E-state index contributed by atoms with van der Waals surface area (Å²) in [6.07, 6.45) is 5.25. The fraction of sp³-hybridized carbons (Fsp3) is 0.250. The zero-order chi connectivity index (χ0) is 16.2. The number of methoxy groups -OCH3 is 2. The van der Waals surface area contributed by atoms with Crippen molar-refractivity contribution >= 4 is 11.8 Å². The smallest absolute Gasteiger partial charge is 0.206 e. The Labute approximate surface area is 149 Å². The van der Waals surface area contributed by atoms with E-state index in [1.165, 1.54) is 22.3 Å². The van der Waals surface area contributed by atoms with Crippen molar-refractivity contribution in [3.8, 4) is 11.5 Å². The fourth-order valence-corrected chi connectivity index (χ4v) is 2.81. The van der Waals surface area contributed by atoms with Crippen molar-refractivity contribution in [1.29, 1.82) is 0 Å². The lowest BCUT2D eigenvalue weighted by atomic mass is 9.96. The Kier molecular flexibility index (Phi) is 6.04. The molecular weight excluding hydrogens is 322 g/mol. The van der Waals surface area contributed by atoms with Crippen LogP contribution in [0.15, 0.2) is 42.5 Å². The summed E-state index contributed by atoms with van der Waals surface area (Å²) >= 11 is 0. The summed E-state index contributed by atoms with van der Waals surface area (Å²) in [6.45, 7) is 3.02. The van der Waals surface area contributed by atoms with Crippen molar-refractivity contribution in [3.63, 3.8) is 0 Å². The van der Waals surface area contributed by atoms with Gasteiger partial charge in [-0.05, 0) is 36.3 Å². The van der Waals surface area contributed by atoms with Crippen LogP contribution in [0.25, 0.3) is 6.08 Å². The van der Waals surface area contributed by atoms with E-state index in [0.717, 1.165) is 30.2 Å². The number of aryl methyl sites for hydroxylation is 1. The zero-order valence-corrected chi connectivity index (χ0v) is 15.0. The Morgan fingerprint density at radius 2 is 1.62 bits per heavy atom.